The van der Waals surface area contributed by atoms with Crippen molar-refractivity contribution in [2.75, 3.05) is 52.3 Å². The maximum atomic E-state index is 13.9. The van der Waals surface area contributed by atoms with E-state index in [2.05, 4.69) is 25.9 Å². The highest BCUT2D eigenvalue weighted by Gasteiger charge is 2.34. The third-order valence-electron chi connectivity index (χ3n) is 8.31. The average Bonchev–Trinajstić information content (AvgIpc) is 3.59. The Labute approximate surface area is 285 Å². The van der Waals surface area contributed by atoms with E-state index in [1.807, 2.05) is 30.5 Å². The van der Waals surface area contributed by atoms with Gasteiger partial charge in [0, 0.05) is 73.7 Å². The zero-order valence-corrected chi connectivity index (χ0v) is 28.5. The Morgan fingerprint density at radius 3 is 2.57 bits per heavy atom. The van der Waals surface area contributed by atoms with Crippen molar-refractivity contribution in [1.82, 2.24) is 30.1 Å². The molecule has 0 atom stereocenters. The van der Waals surface area contributed by atoms with Crippen molar-refractivity contribution in [3.63, 3.8) is 0 Å². The Hall–Kier alpha value is -4.34. The molecule has 15 heteroatoms. The second-order valence-corrected chi connectivity index (χ2v) is 13.1. The number of ether oxygens (including phenoxy) is 1. The third kappa shape index (κ3) is 9.02. The van der Waals surface area contributed by atoms with Crippen LogP contribution in [0.25, 0.3) is 32.6 Å². The van der Waals surface area contributed by atoms with E-state index in [9.17, 15) is 27.6 Å². The number of nitrogens with one attached hydrogen (secondary N) is 3. The average molecular weight is 700 g/mol. The normalized spacial score (nSPS) is 13.9. The number of pyridine rings is 2. The summed E-state index contributed by atoms with van der Waals surface area (Å²) in [5, 5.41) is 9.40. The third-order valence-corrected chi connectivity index (χ3v) is 9.18. The van der Waals surface area contributed by atoms with Crippen LogP contribution in [-0.4, -0.2) is 78.3 Å². The van der Waals surface area contributed by atoms with Gasteiger partial charge in [-0.3, -0.25) is 14.9 Å². The number of nitrogens with zero attached hydrogens (tertiary/aromatic N) is 4. The smallest absolute Gasteiger partial charge is 0.381 e. The first kappa shape index (κ1) is 36.0. The Morgan fingerprint density at radius 2 is 1.88 bits per heavy atom. The predicted molar refractivity (Wildman–Crippen MR) is 184 cm³/mol. The molecule has 1 aliphatic heterocycles. The van der Waals surface area contributed by atoms with Gasteiger partial charge in [0.1, 0.15) is 16.4 Å². The minimum atomic E-state index is -4.65. The first-order valence-corrected chi connectivity index (χ1v) is 17.1. The number of carbonyl (C=O) groups excluding carboxylic acids is 2. The van der Waals surface area contributed by atoms with Crippen LogP contribution in [0, 0.1) is 5.92 Å². The highest BCUT2D eigenvalue weighted by atomic mass is 32.1. The van der Waals surface area contributed by atoms with Gasteiger partial charge in [-0.25, -0.2) is 14.8 Å². The second kappa shape index (κ2) is 15.9. The molecule has 49 heavy (non-hydrogen) atoms. The quantitative estimate of drug-likeness (QED) is 0.169. The lowest BCUT2D eigenvalue weighted by molar-refractivity contribution is -0.140. The largest absolute Gasteiger partial charge is 0.434 e. The van der Waals surface area contributed by atoms with Crippen LogP contribution in [0.4, 0.5) is 23.8 Å². The van der Waals surface area contributed by atoms with Gasteiger partial charge in [-0.2, -0.15) is 13.2 Å². The van der Waals surface area contributed by atoms with Gasteiger partial charge in [0.25, 0.3) is 5.91 Å². The van der Waals surface area contributed by atoms with Crippen molar-refractivity contribution in [1.29, 1.82) is 0 Å². The van der Waals surface area contributed by atoms with E-state index < -0.39 is 29.2 Å². The fourth-order valence-corrected chi connectivity index (χ4v) is 6.47. The van der Waals surface area contributed by atoms with Crippen LogP contribution < -0.4 is 21.4 Å². The lowest BCUT2D eigenvalue weighted by atomic mass is 9.96. The van der Waals surface area contributed by atoms with E-state index in [-0.39, 0.29) is 27.3 Å². The second-order valence-electron chi connectivity index (χ2n) is 12.2. The van der Waals surface area contributed by atoms with E-state index in [0.29, 0.717) is 68.4 Å². The molecule has 0 aliphatic carbocycles. The summed E-state index contributed by atoms with van der Waals surface area (Å²) in [4.78, 5) is 49.7. The van der Waals surface area contributed by atoms with Gasteiger partial charge in [-0.15, -0.1) is 11.3 Å². The number of aryl methyl sites for hydroxylation is 1. The number of anilines is 1. The van der Waals surface area contributed by atoms with Crippen LogP contribution in [0.5, 0.6) is 0 Å². The summed E-state index contributed by atoms with van der Waals surface area (Å²) in [5.74, 6) is 0.0779. The first-order chi connectivity index (χ1) is 23.4. The summed E-state index contributed by atoms with van der Waals surface area (Å²) < 4.78 is 48.1. The lowest BCUT2D eigenvalue weighted by Crippen LogP contribution is -2.34. The number of aromatic nitrogens is 3. The summed E-state index contributed by atoms with van der Waals surface area (Å²) in [7, 11) is 3.77. The highest BCUT2D eigenvalue weighted by molar-refractivity contribution is 7.13. The number of carbonyl (C=O) groups is 2. The van der Waals surface area contributed by atoms with Crippen molar-refractivity contribution in [3.05, 3.63) is 63.5 Å². The summed E-state index contributed by atoms with van der Waals surface area (Å²) in [6.45, 7) is 5.26. The molecule has 1 fully saturated rings. The molecule has 3 amide bonds. The maximum absolute atomic E-state index is 13.9. The summed E-state index contributed by atoms with van der Waals surface area (Å²) >= 11 is 0.807. The number of hydrogen-bond acceptors (Lipinski definition) is 8. The van der Waals surface area contributed by atoms with Crippen molar-refractivity contribution < 1.29 is 27.5 Å². The van der Waals surface area contributed by atoms with E-state index >= 15 is 0 Å². The Kier molecular flexibility index (Phi) is 11.7. The molecule has 11 nitrogen and oxygen atoms in total. The molecule has 1 saturated heterocycles. The number of halogens is 3. The van der Waals surface area contributed by atoms with Crippen molar-refractivity contribution in [2.24, 2.45) is 5.92 Å². The van der Waals surface area contributed by atoms with E-state index in [1.54, 1.807) is 24.4 Å². The number of benzene rings is 1. The lowest BCUT2D eigenvalue weighted by Gasteiger charge is -2.23. The molecule has 0 bridgehead atoms. The molecular formula is C34H40F3N7O4S. The van der Waals surface area contributed by atoms with Gasteiger partial charge >= 0.3 is 12.2 Å². The van der Waals surface area contributed by atoms with Crippen molar-refractivity contribution in [2.45, 2.75) is 45.3 Å². The van der Waals surface area contributed by atoms with E-state index in [1.165, 1.54) is 12.3 Å². The Balaban J connectivity index is 1.59. The van der Waals surface area contributed by atoms with Crippen molar-refractivity contribution in [3.8, 4) is 21.7 Å². The van der Waals surface area contributed by atoms with Crippen LogP contribution in [0.2, 0.25) is 0 Å². The molecule has 262 valence electrons. The molecule has 0 unspecified atom stereocenters. The number of likely N-dealkylation sites (N-methyl/N-ethyl adjacent to an activating group) is 1. The van der Waals surface area contributed by atoms with E-state index in [4.69, 9.17) is 4.74 Å². The number of thiazole rings is 1. The number of urea groups is 1. The van der Waals surface area contributed by atoms with Crippen molar-refractivity contribution >= 4 is 40.0 Å². The zero-order chi connectivity index (χ0) is 35.1. The number of alkyl halides is 3. The number of fused-ring (bicyclic) bond motifs is 1. The standard InChI is InChI=1S/C34H40F3N7O4S/c1-4-10-39-33(47)42-29-17-23(32-41-28(20-49-32)34(35,36)37)25(18-40-29)22-5-6-27-24(16-22)30(45)26(31(46)38-11-13-43(2)3)19-44(27)12-7-21-8-14-48-15-9-21/h5-6,16-21H,4,7-15H2,1-3H3,(H,38,46)(H2,39,40,42,47). The zero-order valence-electron chi connectivity index (χ0n) is 27.7. The minimum Gasteiger partial charge on any atom is -0.381 e. The summed E-state index contributed by atoms with van der Waals surface area (Å²) in [6, 6.07) is 6.14. The molecule has 4 heterocycles. The molecule has 3 N–H and O–H groups in total. The molecule has 0 spiro atoms. The maximum Gasteiger partial charge on any atom is 0.434 e. The Morgan fingerprint density at radius 1 is 1.10 bits per heavy atom. The Bertz CT molecular complexity index is 1850. The summed E-state index contributed by atoms with van der Waals surface area (Å²) in [5.41, 5.74) is 0.299. The van der Waals surface area contributed by atoms with Gasteiger partial charge < -0.3 is 24.8 Å². The minimum absolute atomic E-state index is 0.00103. The van der Waals surface area contributed by atoms with Crippen LogP contribution in [0.3, 0.4) is 0 Å². The highest BCUT2D eigenvalue weighted by Crippen LogP contribution is 2.39. The predicted octanol–water partition coefficient (Wildman–Crippen LogP) is 5.85. The van der Waals surface area contributed by atoms with Gasteiger partial charge in [0.05, 0.1) is 5.52 Å². The molecule has 0 radical (unpaired) electrons. The molecule has 5 rings (SSSR count). The molecule has 0 saturated carbocycles. The van der Waals surface area contributed by atoms with Gasteiger partial charge in [0.15, 0.2) is 5.69 Å². The molecular weight excluding hydrogens is 659 g/mol. The number of amides is 3. The summed E-state index contributed by atoms with van der Waals surface area (Å²) in [6.07, 6.45) is 1.82. The van der Waals surface area contributed by atoms with Gasteiger partial charge in [0.2, 0.25) is 5.43 Å². The first-order valence-electron chi connectivity index (χ1n) is 16.2. The molecule has 1 aliphatic rings. The SMILES string of the molecule is CCCNC(=O)Nc1cc(-c2nc(C(F)(F)F)cs2)c(-c2ccc3c(c2)c(=O)c(C(=O)NCCN(C)C)cn3CCC2CCOCC2)cn1. The fraction of sp³-hybridized carbons (Fsp3) is 0.441. The molecule has 1 aromatic carbocycles. The number of rotatable bonds is 12. The van der Waals surface area contributed by atoms with Crippen LogP contribution >= 0.6 is 11.3 Å². The fourth-order valence-electron chi connectivity index (χ4n) is 5.61. The van der Waals surface area contributed by atoms with E-state index in [0.717, 1.165) is 36.0 Å². The van der Waals surface area contributed by atoms with Gasteiger partial charge in [-0.05, 0) is 69.5 Å². The molecule has 3 aromatic heterocycles. The van der Waals surface area contributed by atoms with Crippen LogP contribution in [0.15, 0.2) is 46.8 Å². The topological polar surface area (TPSA) is 130 Å². The van der Waals surface area contributed by atoms with Gasteiger partial charge in [-0.1, -0.05) is 13.0 Å². The van der Waals surface area contributed by atoms with Crippen LogP contribution in [0.1, 0.15) is 48.7 Å². The monoisotopic (exact) mass is 699 g/mol. The molecule has 4 aromatic rings. The van der Waals surface area contributed by atoms with Crippen LogP contribution in [-0.2, 0) is 17.5 Å². The number of hydrogen-bond donors (Lipinski definition) is 3.